The molecular weight excluding hydrogens is 310 g/mol. The summed E-state index contributed by atoms with van der Waals surface area (Å²) in [4.78, 5) is 8.06. The number of nitrogens with zero attached hydrogens (tertiary/aromatic N) is 2. The van der Waals surface area contributed by atoms with E-state index < -0.39 is 0 Å². The normalized spacial score (nSPS) is 12.3. The van der Waals surface area contributed by atoms with Crippen molar-refractivity contribution >= 4 is 23.1 Å². The van der Waals surface area contributed by atoms with Crippen LogP contribution in [0.3, 0.4) is 0 Å². The van der Waals surface area contributed by atoms with Crippen molar-refractivity contribution in [1.29, 1.82) is 0 Å². The molecule has 1 heterocycles. The molecule has 23 heavy (non-hydrogen) atoms. The van der Waals surface area contributed by atoms with Crippen molar-refractivity contribution in [2.24, 2.45) is 0 Å². The maximum absolute atomic E-state index is 10.7. The number of halogens is 1. The summed E-state index contributed by atoms with van der Waals surface area (Å²) in [6, 6.07) is 5.59. The van der Waals surface area contributed by atoms with Crippen LogP contribution in [0.4, 0.5) is 11.5 Å². The third-order valence-corrected chi connectivity index (χ3v) is 3.84. The Morgan fingerprint density at radius 2 is 1.43 bits per heavy atom. The molecule has 0 spiro atoms. The number of hydrogen-bond donors (Lipinski definition) is 2. The second-order valence-corrected chi connectivity index (χ2v) is 8.16. The molecule has 0 aliphatic heterocycles. The van der Waals surface area contributed by atoms with Crippen molar-refractivity contribution < 1.29 is 5.11 Å². The standard InChI is InChI=1S/C18H24ClN3O/c1-17(2,3)12-7-11(8-13(16(12)23)18(4,5)6)22-15-9-14(19)20-10-21-15/h7-10,23H,1-6H3,(H,20,21,22). The van der Waals surface area contributed by atoms with Crippen molar-refractivity contribution in [1.82, 2.24) is 9.97 Å². The lowest BCUT2D eigenvalue weighted by Crippen LogP contribution is -2.17. The van der Waals surface area contributed by atoms with Gasteiger partial charge in [0.05, 0.1) is 0 Å². The highest BCUT2D eigenvalue weighted by Gasteiger charge is 2.26. The van der Waals surface area contributed by atoms with E-state index in [1.54, 1.807) is 6.07 Å². The molecule has 0 aliphatic carbocycles. The lowest BCUT2D eigenvalue weighted by molar-refractivity contribution is 0.423. The first-order valence-electron chi connectivity index (χ1n) is 7.61. The molecule has 0 saturated carbocycles. The summed E-state index contributed by atoms with van der Waals surface area (Å²) in [6.07, 6.45) is 1.42. The van der Waals surface area contributed by atoms with Crippen molar-refractivity contribution in [3.8, 4) is 5.75 Å². The molecule has 5 heteroatoms. The number of hydrogen-bond acceptors (Lipinski definition) is 4. The number of rotatable bonds is 2. The van der Waals surface area contributed by atoms with E-state index >= 15 is 0 Å². The predicted molar refractivity (Wildman–Crippen MR) is 95.8 cm³/mol. The zero-order chi connectivity index (χ0) is 17.4. The lowest BCUT2D eigenvalue weighted by Gasteiger charge is -2.28. The van der Waals surface area contributed by atoms with Gasteiger partial charge in [-0.05, 0) is 23.0 Å². The minimum Gasteiger partial charge on any atom is -0.507 e. The topological polar surface area (TPSA) is 58.0 Å². The molecule has 0 unspecified atom stereocenters. The highest BCUT2D eigenvalue weighted by Crippen LogP contribution is 2.41. The summed E-state index contributed by atoms with van der Waals surface area (Å²) in [6.45, 7) is 12.5. The zero-order valence-corrected chi connectivity index (χ0v) is 15.3. The minimum absolute atomic E-state index is 0.176. The van der Waals surface area contributed by atoms with Gasteiger partial charge >= 0.3 is 0 Å². The van der Waals surface area contributed by atoms with E-state index in [1.165, 1.54) is 6.33 Å². The van der Waals surface area contributed by atoms with E-state index in [0.29, 0.717) is 16.7 Å². The number of phenolic OH excluding ortho intramolecular Hbond substituents is 1. The van der Waals surface area contributed by atoms with E-state index in [9.17, 15) is 5.11 Å². The highest BCUT2D eigenvalue weighted by molar-refractivity contribution is 6.29. The van der Waals surface area contributed by atoms with Crippen molar-refractivity contribution in [2.45, 2.75) is 52.4 Å². The second-order valence-electron chi connectivity index (χ2n) is 7.77. The molecule has 0 radical (unpaired) electrons. The predicted octanol–water partition coefficient (Wildman–Crippen LogP) is 5.17. The molecule has 124 valence electrons. The summed E-state index contributed by atoms with van der Waals surface area (Å²) in [5.74, 6) is 0.978. The third kappa shape index (κ3) is 4.14. The van der Waals surface area contributed by atoms with Crippen molar-refractivity contribution in [3.63, 3.8) is 0 Å². The number of phenols is 1. The molecule has 1 aromatic heterocycles. The lowest BCUT2D eigenvalue weighted by atomic mass is 9.79. The fourth-order valence-electron chi connectivity index (χ4n) is 2.40. The van der Waals surface area contributed by atoms with Crippen LogP contribution in [0, 0.1) is 0 Å². The molecule has 0 saturated heterocycles. The van der Waals surface area contributed by atoms with Gasteiger partial charge < -0.3 is 10.4 Å². The smallest absolute Gasteiger partial charge is 0.135 e. The van der Waals surface area contributed by atoms with Crippen LogP contribution in [0.1, 0.15) is 52.7 Å². The van der Waals surface area contributed by atoms with Gasteiger partial charge in [0, 0.05) is 22.9 Å². The Morgan fingerprint density at radius 3 is 1.87 bits per heavy atom. The molecule has 2 N–H and O–H groups in total. The van der Waals surface area contributed by atoms with Crippen LogP contribution < -0.4 is 5.32 Å². The van der Waals surface area contributed by atoms with Gasteiger partial charge in [-0.25, -0.2) is 9.97 Å². The van der Waals surface area contributed by atoms with E-state index in [0.717, 1.165) is 16.8 Å². The monoisotopic (exact) mass is 333 g/mol. The van der Waals surface area contributed by atoms with Crippen LogP contribution >= 0.6 is 11.6 Å². The van der Waals surface area contributed by atoms with Gasteiger partial charge in [-0.1, -0.05) is 53.1 Å². The van der Waals surface area contributed by atoms with Crippen LogP contribution in [0.2, 0.25) is 5.15 Å². The quantitative estimate of drug-likeness (QED) is 0.587. The van der Waals surface area contributed by atoms with Crippen LogP contribution in [-0.2, 0) is 10.8 Å². The minimum atomic E-state index is -0.176. The van der Waals surface area contributed by atoms with E-state index in [4.69, 9.17) is 11.6 Å². The van der Waals surface area contributed by atoms with Gasteiger partial charge in [-0.2, -0.15) is 0 Å². The van der Waals surface area contributed by atoms with E-state index in [2.05, 4.69) is 56.8 Å². The van der Waals surface area contributed by atoms with Crippen LogP contribution in [-0.4, -0.2) is 15.1 Å². The van der Waals surface area contributed by atoms with Gasteiger partial charge in [0.1, 0.15) is 23.0 Å². The SMILES string of the molecule is CC(C)(C)c1cc(Nc2cc(Cl)ncn2)cc(C(C)(C)C)c1O. The van der Waals surface area contributed by atoms with Crippen molar-refractivity contribution in [2.75, 3.05) is 5.32 Å². The number of nitrogens with one attached hydrogen (secondary N) is 1. The zero-order valence-electron chi connectivity index (χ0n) is 14.5. The molecular formula is C18H24ClN3O. The number of aromatic nitrogens is 2. The fourth-order valence-corrected chi connectivity index (χ4v) is 2.55. The summed E-state index contributed by atoms with van der Waals surface area (Å²) in [5.41, 5.74) is 2.31. The van der Waals surface area contributed by atoms with Gasteiger partial charge in [-0.15, -0.1) is 0 Å². The second kappa shape index (κ2) is 6.00. The number of anilines is 2. The molecule has 0 amide bonds. The Labute approximate surface area is 142 Å². The molecule has 0 fully saturated rings. The van der Waals surface area contributed by atoms with Gasteiger partial charge in [0.2, 0.25) is 0 Å². The van der Waals surface area contributed by atoms with Gasteiger partial charge in [-0.3, -0.25) is 0 Å². The summed E-state index contributed by atoms with van der Waals surface area (Å²) in [7, 11) is 0. The number of aromatic hydroxyl groups is 1. The number of benzene rings is 1. The summed E-state index contributed by atoms with van der Waals surface area (Å²) < 4.78 is 0. The fraction of sp³-hybridized carbons (Fsp3) is 0.444. The largest absolute Gasteiger partial charge is 0.507 e. The van der Waals surface area contributed by atoms with Crippen molar-refractivity contribution in [3.05, 3.63) is 40.8 Å². The Morgan fingerprint density at radius 1 is 0.913 bits per heavy atom. The van der Waals surface area contributed by atoms with Crippen LogP contribution in [0.25, 0.3) is 0 Å². The van der Waals surface area contributed by atoms with Crippen LogP contribution in [0.15, 0.2) is 24.5 Å². The molecule has 0 atom stereocenters. The Hall–Kier alpha value is -1.81. The average Bonchev–Trinajstić information content (AvgIpc) is 2.38. The molecule has 2 rings (SSSR count). The molecule has 4 nitrogen and oxygen atoms in total. The first-order chi connectivity index (χ1) is 10.5. The first kappa shape index (κ1) is 17.5. The van der Waals surface area contributed by atoms with Gasteiger partial charge in [0.15, 0.2) is 0 Å². The summed E-state index contributed by atoms with van der Waals surface area (Å²) in [5, 5.41) is 14.4. The Kier molecular flexibility index (Phi) is 4.58. The molecule has 0 aliphatic rings. The first-order valence-corrected chi connectivity index (χ1v) is 7.99. The third-order valence-electron chi connectivity index (χ3n) is 3.63. The Bertz CT molecular complexity index is 680. The average molecular weight is 334 g/mol. The highest BCUT2D eigenvalue weighted by atomic mass is 35.5. The van der Waals surface area contributed by atoms with Gasteiger partial charge in [0.25, 0.3) is 0 Å². The maximum atomic E-state index is 10.7. The van der Waals surface area contributed by atoms with E-state index in [1.807, 2.05) is 12.1 Å². The molecule has 1 aromatic carbocycles. The summed E-state index contributed by atoms with van der Waals surface area (Å²) >= 11 is 5.91. The maximum Gasteiger partial charge on any atom is 0.135 e. The molecule has 2 aromatic rings. The Balaban J connectivity index is 2.56. The van der Waals surface area contributed by atoms with E-state index in [-0.39, 0.29) is 10.8 Å². The molecule has 0 bridgehead atoms. The van der Waals surface area contributed by atoms with Crippen LogP contribution in [0.5, 0.6) is 5.75 Å².